The Kier molecular flexibility index (Phi) is 5.08. The van der Waals surface area contributed by atoms with Crippen molar-refractivity contribution in [1.82, 2.24) is 5.32 Å². The molecule has 0 unspecified atom stereocenters. The van der Waals surface area contributed by atoms with Crippen molar-refractivity contribution in [2.45, 2.75) is 12.7 Å². The molecule has 0 bridgehead atoms. The highest BCUT2D eigenvalue weighted by molar-refractivity contribution is 6.04. The van der Waals surface area contributed by atoms with Gasteiger partial charge in [0.25, 0.3) is 5.91 Å². The summed E-state index contributed by atoms with van der Waals surface area (Å²) >= 11 is 0. The van der Waals surface area contributed by atoms with Crippen LogP contribution >= 0.6 is 0 Å². The predicted octanol–water partition coefficient (Wildman–Crippen LogP) is 3.13. The fourth-order valence-corrected chi connectivity index (χ4v) is 1.94. The minimum atomic E-state index is -4.48. The van der Waals surface area contributed by atoms with Crippen molar-refractivity contribution in [3.63, 3.8) is 0 Å². The lowest BCUT2D eigenvalue weighted by atomic mass is 10.1. The second-order valence-electron chi connectivity index (χ2n) is 4.95. The number of carbonyl (C=O) groups is 2. The second kappa shape index (κ2) is 7.03. The standard InChI is InChI=1S/C16H14F3N3O2/c17-16(18,19)12-2-1-3-13(8-12)22-14(23)11-6-4-10(5-7-11)9-21-15(20)24/h1-8H,9H2,(H,22,23)(H3,20,21,24). The average Bonchev–Trinajstić information content (AvgIpc) is 2.53. The van der Waals surface area contributed by atoms with Crippen molar-refractivity contribution >= 4 is 17.6 Å². The zero-order valence-electron chi connectivity index (χ0n) is 12.4. The molecule has 126 valence electrons. The molecule has 0 spiro atoms. The Bertz CT molecular complexity index is 743. The topological polar surface area (TPSA) is 84.2 Å². The molecule has 4 N–H and O–H groups in total. The van der Waals surface area contributed by atoms with E-state index in [1.54, 1.807) is 12.1 Å². The highest BCUT2D eigenvalue weighted by atomic mass is 19.4. The van der Waals surface area contributed by atoms with Crippen LogP contribution in [0.5, 0.6) is 0 Å². The van der Waals surface area contributed by atoms with Gasteiger partial charge in [0.15, 0.2) is 0 Å². The normalized spacial score (nSPS) is 11.0. The van der Waals surface area contributed by atoms with Crippen molar-refractivity contribution in [3.8, 4) is 0 Å². The number of benzene rings is 2. The molecular weight excluding hydrogens is 323 g/mol. The third kappa shape index (κ3) is 4.73. The Morgan fingerprint density at radius 3 is 2.29 bits per heavy atom. The number of urea groups is 1. The number of amides is 3. The van der Waals surface area contributed by atoms with Crippen molar-refractivity contribution in [2.75, 3.05) is 5.32 Å². The summed E-state index contributed by atoms with van der Waals surface area (Å²) < 4.78 is 38.0. The summed E-state index contributed by atoms with van der Waals surface area (Å²) in [6.45, 7) is 0.213. The van der Waals surface area contributed by atoms with E-state index < -0.39 is 23.7 Å². The molecule has 3 amide bonds. The van der Waals surface area contributed by atoms with Crippen molar-refractivity contribution in [1.29, 1.82) is 0 Å². The lowest BCUT2D eigenvalue weighted by Gasteiger charge is -2.10. The molecule has 2 aromatic rings. The van der Waals surface area contributed by atoms with Crippen molar-refractivity contribution in [2.24, 2.45) is 5.73 Å². The Hall–Kier alpha value is -3.03. The molecule has 24 heavy (non-hydrogen) atoms. The van der Waals surface area contributed by atoms with Gasteiger partial charge >= 0.3 is 12.2 Å². The van der Waals surface area contributed by atoms with Crippen molar-refractivity contribution < 1.29 is 22.8 Å². The van der Waals surface area contributed by atoms with E-state index in [-0.39, 0.29) is 17.8 Å². The largest absolute Gasteiger partial charge is 0.416 e. The van der Waals surface area contributed by atoms with Crippen LogP contribution in [-0.4, -0.2) is 11.9 Å². The second-order valence-corrected chi connectivity index (χ2v) is 4.95. The summed E-state index contributed by atoms with van der Waals surface area (Å²) in [5, 5.41) is 4.81. The van der Waals surface area contributed by atoms with Gasteiger partial charge in [0.2, 0.25) is 0 Å². The molecule has 0 aliphatic carbocycles. The highest BCUT2D eigenvalue weighted by Gasteiger charge is 2.30. The zero-order chi connectivity index (χ0) is 17.7. The van der Waals surface area contributed by atoms with Crippen LogP contribution in [0.3, 0.4) is 0 Å². The molecule has 0 fully saturated rings. The van der Waals surface area contributed by atoms with Gasteiger partial charge in [-0.25, -0.2) is 4.79 Å². The van der Waals surface area contributed by atoms with Gasteiger partial charge in [-0.3, -0.25) is 4.79 Å². The van der Waals surface area contributed by atoms with E-state index in [1.165, 1.54) is 24.3 Å². The van der Waals surface area contributed by atoms with Crippen LogP contribution in [0, 0.1) is 0 Å². The maximum absolute atomic E-state index is 12.7. The number of anilines is 1. The maximum atomic E-state index is 12.7. The minimum Gasteiger partial charge on any atom is -0.352 e. The van der Waals surface area contributed by atoms with Crippen LogP contribution in [-0.2, 0) is 12.7 Å². The maximum Gasteiger partial charge on any atom is 0.416 e. The Morgan fingerprint density at radius 1 is 1.04 bits per heavy atom. The first kappa shape index (κ1) is 17.3. The fourth-order valence-electron chi connectivity index (χ4n) is 1.94. The molecule has 2 rings (SSSR count). The monoisotopic (exact) mass is 337 g/mol. The van der Waals surface area contributed by atoms with Gasteiger partial charge in [-0.05, 0) is 35.9 Å². The summed E-state index contributed by atoms with van der Waals surface area (Å²) in [5.41, 5.74) is 5.16. The molecule has 8 heteroatoms. The molecule has 0 radical (unpaired) electrons. The number of primary amides is 1. The number of rotatable bonds is 4. The predicted molar refractivity (Wildman–Crippen MR) is 82.3 cm³/mol. The number of carbonyl (C=O) groups excluding carboxylic acids is 2. The number of hydrogen-bond acceptors (Lipinski definition) is 2. The lowest BCUT2D eigenvalue weighted by Crippen LogP contribution is -2.28. The van der Waals surface area contributed by atoms with E-state index in [4.69, 9.17) is 5.73 Å². The molecule has 0 aliphatic rings. The van der Waals surface area contributed by atoms with Crippen LogP contribution < -0.4 is 16.4 Å². The highest BCUT2D eigenvalue weighted by Crippen LogP contribution is 2.30. The van der Waals surface area contributed by atoms with E-state index in [0.29, 0.717) is 0 Å². The Balaban J connectivity index is 2.06. The summed E-state index contributed by atoms with van der Waals surface area (Å²) in [6.07, 6.45) is -4.48. The molecule has 0 aliphatic heterocycles. The first-order valence-electron chi connectivity index (χ1n) is 6.86. The Labute approximate surface area is 135 Å². The van der Waals surface area contributed by atoms with E-state index in [0.717, 1.165) is 17.7 Å². The third-order valence-corrected chi connectivity index (χ3v) is 3.13. The van der Waals surface area contributed by atoms with Gasteiger partial charge in [0.05, 0.1) is 5.56 Å². The van der Waals surface area contributed by atoms with Gasteiger partial charge in [-0.2, -0.15) is 13.2 Å². The molecule has 0 atom stereocenters. The van der Waals surface area contributed by atoms with Crippen LogP contribution in [0.2, 0.25) is 0 Å². The fraction of sp³-hybridized carbons (Fsp3) is 0.125. The van der Waals surface area contributed by atoms with E-state index in [1.807, 2.05) is 0 Å². The van der Waals surface area contributed by atoms with E-state index >= 15 is 0 Å². The van der Waals surface area contributed by atoms with Crippen LogP contribution in [0.1, 0.15) is 21.5 Å². The van der Waals surface area contributed by atoms with Crippen LogP contribution in [0.25, 0.3) is 0 Å². The molecular formula is C16H14F3N3O2. The molecule has 5 nitrogen and oxygen atoms in total. The first-order valence-corrected chi connectivity index (χ1v) is 6.86. The van der Waals surface area contributed by atoms with Gasteiger partial charge in [0, 0.05) is 17.8 Å². The quantitative estimate of drug-likeness (QED) is 0.801. The van der Waals surface area contributed by atoms with Crippen LogP contribution in [0.15, 0.2) is 48.5 Å². The summed E-state index contributed by atoms with van der Waals surface area (Å²) in [7, 11) is 0. The molecule has 2 aromatic carbocycles. The molecule has 0 saturated heterocycles. The van der Waals surface area contributed by atoms with Crippen LogP contribution in [0.4, 0.5) is 23.7 Å². The summed E-state index contributed by atoms with van der Waals surface area (Å²) in [4.78, 5) is 22.7. The number of nitrogens with one attached hydrogen (secondary N) is 2. The summed E-state index contributed by atoms with van der Waals surface area (Å²) in [5.74, 6) is -0.538. The molecule has 0 saturated carbocycles. The van der Waals surface area contributed by atoms with Gasteiger partial charge in [-0.1, -0.05) is 18.2 Å². The van der Waals surface area contributed by atoms with E-state index in [9.17, 15) is 22.8 Å². The van der Waals surface area contributed by atoms with Gasteiger partial charge < -0.3 is 16.4 Å². The lowest BCUT2D eigenvalue weighted by molar-refractivity contribution is -0.137. The SMILES string of the molecule is NC(=O)NCc1ccc(C(=O)Nc2cccc(C(F)(F)F)c2)cc1. The number of hydrogen-bond donors (Lipinski definition) is 3. The van der Waals surface area contributed by atoms with Gasteiger partial charge in [0.1, 0.15) is 0 Å². The smallest absolute Gasteiger partial charge is 0.352 e. The number of nitrogens with two attached hydrogens (primary N) is 1. The number of halogens is 3. The Morgan fingerprint density at radius 2 is 1.71 bits per heavy atom. The van der Waals surface area contributed by atoms with Crippen molar-refractivity contribution in [3.05, 3.63) is 65.2 Å². The van der Waals surface area contributed by atoms with E-state index in [2.05, 4.69) is 10.6 Å². The third-order valence-electron chi connectivity index (χ3n) is 3.13. The molecule has 0 aromatic heterocycles. The first-order chi connectivity index (χ1) is 11.3. The average molecular weight is 337 g/mol. The molecule has 0 heterocycles. The van der Waals surface area contributed by atoms with Gasteiger partial charge in [-0.15, -0.1) is 0 Å². The minimum absolute atomic E-state index is 0.0503. The number of alkyl halides is 3. The zero-order valence-corrected chi connectivity index (χ0v) is 12.4. The summed E-state index contributed by atoms with van der Waals surface area (Å²) in [6, 6.07) is 9.94.